The third-order valence-corrected chi connectivity index (χ3v) is 6.62. The molecule has 0 aliphatic rings. The molecule has 0 fully saturated rings. The smallest absolute Gasteiger partial charge is 0.422 e. The average Bonchev–Trinajstić information content (AvgIpc) is 3.09. The quantitative estimate of drug-likeness (QED) is 0.320. The van der Waals surface area contributed by atoms with E-state index in [1.807, 2.05) is 0 Å². The van der Waals surface area contributed by atoms with Crippen molar-refractivity contribution in [2.24, 2.45) is 7.05 Å². The molecule has 4 rings (SSSR count). The summed E-state index contributed by atoms with van der Waals surface area (Å²) in [6.45, 7) is 1.16. The Morgan fingerprint density at radius 1 is 1.06 bits per heavy atom. The number of carboxylic acid groups (broad SMARTS) is 1. The molecule has 0 amide bonds. The van der Waals surface area contributed by atoms with Crippen LogP contribution in [0.5, 0.6) is 0 Å². The summed E-state index contributed by atoms with van der Waals surface area (Å²) in [7, 11) is 1.33. The summed E-state index contributed by atoms with van der Waals surface area (Å²) in [5.41, 5.74) is -3.75. The highest BCUT2D eigenvalue weighted by Gasteiger charge is 2.59. The fourth-order valence-electron chi connectivity index (χ4n) is 4.17. The Bertz CT molecular complexity index is 1560. The number of aromatic nitrogens is 1. The summed E-state index contributed by atoms with van der Waals surface area (Å²) in [5.74, 6) is -4.80. The molecule has 2 N–H and O–H groups in total. The maximum Gasteiger partial charge on any atom is 0.422 e. The zero-order valence-electron chi connectivity index (χ0n) is 18.7. The van der Waals surface area contributed by atoms with E-state index in [-0.39, 0.29) is 27.2 Å². The van der Waals surface area contributed by atoms with E-state index in [1.54, 1.807) is 0 Å². The predicted octanol–water partition coefficient (Wildman–Crippen LogP) is 5.84. The summed E-state index contributed by atoms with van der Waals surface area (Å²) >= 11 is 6.34. The molecule has 0 spiro atoms. The first-order valence-corrected chi connectivity index (χ1v) is 10.8. The summed E-state index contributed by atoms with van der Waals surface area (Å²) in [6, 6.07) is 10.6. The third-order valence-electron chi connectivity index (χ3n) is 6.29. The van der Waals surface area contributed by atoms with Gasteiger partial charge in [0.25, 0.3) is 0 Å². The fraction of sp³-hybridized carbons (Fsp3) is 0.200. The second kappa shape index (κ2) is 8.79. The third kappa shape index (κ3) is 4.06. The van der Waals surface area contributed by atoms with Crippen LogP contribution in [0, 0.1) is 5.82 Å². The van der Waals surface area contributed by atoms with E-state index >= 15 is 0 Å². The van der Waals surface area contributed by atoms with Gasteiger partial charge in [0, 0.05) is 18.0 Å². The summed E-state index contributed by atoms with van der Waals surface area (Å²) in [4.78, 5) is 22.8. The highest BCUT2D eigenvalue weighted by molar-refractivity contribution is 6.31. The number of carboxylic acids is 1. The Labute approximate surface area is 206 Å². The maximum absolute atomic E-state index is 14.4. The van der Waals surface area contributed by atoms with Gasteiger partial charge in [-0.1, -0.05) is 42.8 Å². The Kier molecular flexibility index (Phi) is 6.22. The van der Waals surface area contributed by atoms with Crippen molar-refractivity contribution in [1.82, 2.24) is 4.57 Å². The molecule has 11 heteroatoms. The van der Waals surface area contributed by atoms with Crippen LogP contribution in [0.2, 0.25) is 5.02 Å². The first kappa shape index (κ1) is 25.5. The van der Waals surface area contributed by atoms with Crippen molar-refractivity contribution in [3.63, 3.8) is 0 Å². The van der Waals surface area contributed by atoms with Crippen LogP contribution in [0.15, 0.2) is 63.8 Å². The van der Waals surface area contributed by atoms with Crippen LogP contribution in [0.25, 0.3) is 22.2 Å². The van der Waals surface area contributed by atoms with Gasteiger partial charge in [0.1, 0.15) is 5.82 Å². The number of halogens is 5. The number of alkyl halides is 3. The molecule has 3 aromatic carbocycles. The SMILES string of the molecule is CC(c1ccc(-c2ccc(C(=O)O)c(F)c2)cc1Cl)C(O)(c1ccc2oc(=O)n(C)c2c1)C(F)(F)F. The largest absolute Gasteiger partial charge is 0.478 e. The lowest BCUT2D eigenvalue weighted by atomic mass is 9.77. The number of aryl methyl sites for hydroxylation is 1. The number of nitrogens with zero attached hydrogens (tertiary/aromatic N) is 1. The van der Waals surface area contributed by atoms with Crippen molar-refractivity contribution < 1.29 is 37.0 Å². The van der Waals surface area contributed by atoms with Crippen LogP contribution in [0.4, 0.5) is 17.6 Å². The summed E-state index contributed by atoms with van der Waals surface area (Å²) < 4.78 is 63.2. The molecule has 188 valence electrons. The molecule has 0 aliphatic heterocycles. The maximum atomic E-state index is 14.4. The van der Waals surface area contributed by atoms with Gasteiger partial charge in [-0.2, -0.15) is 13.2 Å². The Morgan fingerprint density at radius 2 is 1.69 bits per heavy atom. The topological polar surface area (TPSA) is 92.7 Å². The second-order valence-electron chi connectivity index (χ2n) is 8.33. The minimum absolute atomic E-state index is 0.0379. The first-order chi connectivity index (χ1) is 16.8. The Morgan fingerprint density at radius 3 is 2.28 bits per heavy atom. The number of aromatic carboxylic acids is 1. The minimum Gasteiger partial charge on any atom is -0.478 e. The standard InChI is InChI=1S/C25H18ClF4NO5/c1-12(16-6-3-13(9-18(16)26)14-4-7-17(22(32)33)19(27)10-14)24(35,25(28,29)30)15-5-8-21-20(11-15)31(2)23(34)36-21/h3-12,35H,1-2H3,(H,32,33). The monoisotopic (exact) mass is 523 g/mol. The number of carbonyl (C=O) groups is 1. The summed E-state index contributed by atoms with van der Waals surface area (Å²) in [6.07, 6.45) is -5.14. The van der Waals surface area contributed by atoms with Gasteiger partial charge in [-0.25, -0.2) is 14.0 Å². The first-order valence-electron chi connectivity index (χ1n) is 10.5. The van der Waals surface area contributed by atoms with Crippen LogP contribution < -0.4 is 5.76 Å². The van der Waals surface area contributed by atoms with Crippen molar-refractivity contribution >= 4 is 28.7 Å². The highest BCUT2D eigenvalue weighted by Crippen LogP contribution is 2.50. The summed E-state index contributed by atoms with van der Waals surface area (Å²) in [5, 5.41) is 20.0. The lowest BCUT2D eigenvalue weighted by Gasteiger charge is -2.37. The van der Waals surface area contributed by atoms with Crippen molar-refractivity contribution in [2.75, 3.05) is 0 Å². The lowest BCUT2D eigenvalue weighted by Crippen LogP contribution is -2.46. The van der Waals surface area contributed by atoms with Gasteiger partial charge in [-0.05, 0) is 52.6 Å². The Hall–Kier alpha value is -3.63. The van der Waals surface area contributed by atoms with Crippen LogP contribution >= 0.6 is 11.6 Å². The molecule has 0 aliphatic carbocycles. The molecule has 0 bridgehead atoms. The average molecular weight is 524 g/mol. The molecule has 1 aromatic heterocycles. The van der Waals surface area contributed by atoms with Crippen LogP contribution in [0.1, 0.15) is 34.3 Å². The molecule has 1 heterocycles. The van der Waals surface area contributed by atoms with E-state index in [1.165, 1.54) is 37.4 Å². The molecule has 0 radical (unpaired) electrons. The van der Waals surface area contributed by atoms with Crippen molar-refractivity contribution in [2.45, 2.75) is 24.6 Å². The van der Waals surface area contributed by atoms with Crippen LogP contribution in [-0.4, -0.2) is 26.9 Å². The van der Waals surface area contributed by atoms with E-state index < -0.39 is 46.4 Å². The van der Waals surface area contributed by atoms with Crippen molar-refractivity contribution in [3.05, 3.63) is 92.7 Å². The zero-order valence-corrected chi connectivity index (χ0v) is 19.5. The van der Waals surface area contributed by atoms with Gasteiger partial charge in [-0.15, -0.1) is 0 Å². The molecule has 2 atom stereocenters. The van der Waals surface area contributed by atoms with Crippen molar-refractivity contribution in [1.29, 1.82) is 0 Å². The van der Waals surface area contributed by atoms with E-state index in [2.05, 4.69) is 0 Å². The number of hydrogen-bond acceptors (Lipinski definition) is 4. The van der Waals surface area contributed by atoms with Gasteiger partial charge in [0.2, 0.25) is 0 Å². The number of benzene rings is 3. The number of hydrogen-bond donors (Lipinski definition) is 2. The second-order valence-corrected chi connectivity index (χ2v) is 8.74. The zero-order chi connectivity index (χ0) is 26.6. The normalized spacial score (nSPS) is 14.6. The Balaban J connectivity index is 1.79. The van der Waals surface area contributed by atoms with Gasteiger partial charge in [0.15, 0.2) is 11.2 Å². The van der Waals surface area contributed by atoms with Crippen LogP contribution in [-0.2, 0) is 12.6 Å². The molecule has 0 saturated carbocycles. The number of fused-ring (bicyclic) bond motifs is 1. The van der Waals surface area contributed by atoms with E-state index in [4.69, 9.17) is 21.1 Å². The fourth-order valence-corrected chi connectivity index (χ4v) is 4.52. The van der Waals surface area contributed by atoms with Gasteiger partial charge in [0.05, 0.1) is 11.1 Å². The van der Waals surface area contributed by atoms with E-state index in [0.717, 1.165) is 35.8 Å². The number of rotatable bonds is 5. The molecule has 0 saturated heterocycles. The molecule has 6 nitrogen and oxygen atoms in total. The molecular weight excluding hydrogens is 506 g/mol. The lowest BCUT2D eigenvalue weighted by molar-refractivity contribution is -0.274. The highest BCUT2D eigenvalue weighted by atomic mass is 35.5. The number of aliphatic hydroxyl groups is 1. The van der Waals surface area contributed by atoms with Gasteiger partial charge < -0.3 is 14.6 Å². The van der Waals surface area contributed by atoms with Crippen LogP contribution in [0.3, 0.4) is 0 Å². The molecular formula is C25H18ClF4NO5. The van der Waals surface area contributed by atoms with Crippen molar-refractivity contribution in [3.8, 4) is 11.1 Å². The minimum atomic E-state index is -5.14. The molecule has 4 aromatic rings. The molecule has 2 unspecified atom stereocenters. The van der Waals surface area contributed by atoms with Gasteiger partial charge >= 0.3 is 17.9 Å². The number of oxazole rings is 1. The predicted molar refractivity (Wildman–Crippen MR) is 124 cm³/mol. The molecule has 36 heavy (non-hydrogen) atoms. The van der Waals surface area contributed by atoms with Gasteiger partial charge in [-0.3, -0.25) is 4.57 Å². The van der Waals surface area contributed by atoms with E-state index in [9.17, 15) is 32.3 Å². The van der Waals surface area contributed by atoms with E-state index in [0.29, 0.717) is 5.56 Å².